The molecule has 0 aliphatic heterocycles. The number of nitrogens with zero attached hydrogens (tertiary/aromatic N) is 2. The second kappa shape index (κ2) is 9.24. The maximum absolute atomic E-state index is 12.8. The van der Waals surface area contributed by atoms with Crippen LogP contribution in [0.5, 0.6) is 0 Å². The highest BCUT2D eigenvalue weighted by Gasteiger charge is 2.37. The molecule has 2 heterocycles. The number of benzene rings is 2. The van der Waals surface area contributed by atoms with Crippen LogP contribution in [-0.2, 0) is 6.18 Å². The zero-order valence-electron chi connectivity index (χ0n) is 15.3. The van der Waals surface area contributed by atoms with E-state index in [4.69, 9.17) is 16.9 Å². The van der Waals surface area contributed by atoms with Crippen LogP contribution in [0.2, 0.25) is 5.02 Å². The van der Waals surface area contributed by atoms with Crippen LogP contribution in [0.15, 0.2) is 83.6 Å². The van der Waals surface area contributed by atoms with Crippen LogP contribution in [0.3, 0.4) is 0 Å². The largest absolute Gasteiger partial charge is 0.432 e. The number of halogens is 5. The fourth-order valence-corrected chi connectivity index (χ4v) is 3.45. The van der Waals surface area contributed by atoms with Crippen molar-refractivity contribution >= 4 is 27.5 Å². The lowest BCUT2D eigenvalue weighted by Crippen LogP contribution is -2.06. The summed E-state index contributed by atoms with van der Waals surface area (Å²) in [5.41, 5.74) is 0.705. The van der Waals surface area contributed by atoms with Gasteiger partial charge in [0, 0.05) is 23.1 Å². The molecule has 30 heavy (non-hydrogen) atoms. The van der Waals surface area contributed by atoms with Gasteiger partial charge < -0.3 is 9.55 Å². The normalized spacial score (nSPS) is 10.8. The second-order valence-corrected chi connectivity index (χ2v) is 7.34. The van der Waals surface area contributed by atoms with Crippen molar-refractivity contribution < 1.29 is 13.2 Å². The fraction of sp³-hybridized carbons (Fsp3) is 0.0455. The van der Waals surface area contributed by atoms with Crippen LogP contribution in [0.25, 0.3) is 16.9 Å². The van der Waals surface area contributed by atoms with Gasteiger partial charge in [0.15, 0.2) is 0 Å². The molecule has 0 radical (unpaired) electrons. The third-order valence-corrected chi connectivity index (χ3v) is 5.17. The van der Waals surface area contributed by atoms with Crippen molar-refractivity contribution in [2.24, 2.45) is 0 Å². The van der Waals surface area contributed by atoms with Crippen molar-refractivity contribution in [2.75, 3.05) is 0 Å². The third kappa shape index (κ3) is 4.96. The first-order valence-corrected chi connectivity index (χ1v) is 9.81. The van der Waals surface area contributed by atoms with E-state index in [1.54, 1.807) is 30.3 Å². The quantitative estimate of drug-likeness (QED) is 0.310. The van der Waals surface area contributed by atoms with Crippen molar-refractivity contribution in [1.82, 2.24) is 9.55 Å². The van der Waals surface area contributed by atoms with Gasteiger partial charge >= 0.3 is 6.18 Å². The smallest absolute Gasteiger partial charge is 0.349 e. The number of hydrogen-bond acceptors (Lipinski definition) is 1. The van der Waals surface area contributed by atoms with Crippen LogP contribution in [0.4, 0.5) is 13.2 Å². The van der Waals surface area contributed by atoms with E-state index in [1.807, 2.05) is 42.7 Å². The summed E-state index contributed by atoms with van der Waals surface area (Å²) in [5, 5.41) is 9.46. The molecular formula is C22H14BrClF3N3. The standard InChI is InChI=1S/C12H5BrClF3N2.C10H9N/c13-9-8(5-18)10(19-11(9)12(15,16)17)6-1-3-7(14)4-2-6;1-2-6-10(7-3-1)11-8-4-5-9-11/h1-4,19H;1-9H. The highest BCUT2D eigenvalue weighted by Crippen LogP contribution is 2.40. The second-order valence-electron chi connectivity index (χ2n) is 6.11. The highest BCUT2D eigenvalue weighted by atomic mass is 79.9. The van der Waals surface area contributed by atoms with Crippen LogP contribution in [-0.4, -0.2) is 9.55 Å². The lowest BCUT2D eigenvalue weighted by atomic mass is 10.1. The van der Waals surface area contributed by atoms with Gasteiger partial charge in [0.1, 0.15) is 11.8 Å². The van der Waals surface area contributed by atoms with E-state index in [0.717, 1.165) is 0 Å². The summed E-state index contributed by atoms with van der Waals surface area (Å²) in [7, 11) is 0. The molecule has 0 unspecified atom stereocenters. The molecule has 0 spiro atoms. The molecule has 3 nitrogen and oxygen atoms in total. The summed E-state index contributed by atoms with van der Waals surface area (Å²) >= 11 is 8.53. The lowest BCUT2D eigenvalue weighted by Gasteiger charge is -2.03. The van der Waals surface area contributed by atoms with Gasteiger partial charge in [-0.05, 0) is 57.9 Å². The molecule has 0 atom stereocenters. The average molecular weight is 493 g/mol. The minimum absolute atomic E-state index is 0.0883. The van der Waals surface area contributed by atoms with Crippen LogP contribution in [0.1, 0.15) is 11.3 Å². The number of nitrogens with one attached hydrogen (secondary N) is 1. The predicted molar refractivity (Wildman–Crippen MR) is 114 cm³/mol. The SMILES string of the molecule is N#Cc1c(-c2ccc(Cl)cc2)[nH]c(C(F)(F)F)c1Br.c1ccc(-n2cccc2)cc1. The molecule has 0 aliphatic rings. The van der Waals surface area contributed by atoms with E-state index in [0.29, 0.717) is 10.6 Å². The Balaban J connectivity index is 0.000000196. The first-order valence-electron chi connectivity index (χ1n) is 8.64. The molecule has 152 valence electrons. The Morgan fingerprint density at radius 2 is 1.53 bits per heavy atom. The Labute approximate surface area is 184 Å². The van der Waals surface area contributed by atoms with Crippen molar-refractivity contribution in [3.63, 3.8) is 0 Å². The first kappa shape index (κ1) is 21.8. The predicted octanol–water partition coefficient (Wildman–Crippen LogP) is 7.47. The zero-order chi connectivity index (χ0) is 21.7. The maximum Gasteiger partial charge on any atom is 0.432 e. The summed E-state index contributed by atoms with van der Waals surface area (Å²) < 4.78 is 40.1. The number of aromatic amines is 1. The monoisotopic (exact) mass is 491 g/mol. The minimum atomic E-state index is -4.56. The molecule has 0 aliphatic carbocycles. The molecule has 0 fully saturated rings. The van der Waals surface area contributed by atoms with E-state index < -0.39 is 11.9 Å². The topological polar surface area (TPSA) is 44.5 Å². The summed E-state index contributed by atoms with van der Waals surface area (Å²) in [5.74, 6) is 0. The first-order chi connectivity index (χ1) is 14.3. The summed E-state index contributed by atoms with van der Waals surface area (Å²) in [6.07, 6.45) is -0.486. The third-order valence-electron chi connectivity index (χ3n) is 4.13. The molecule has 0 amide bonds. The molecule has 1 N–H and O–H groups in total. The van der Waals surface area contributed by atoms with Gasteiger partial charge in [0.25, 0.3) is 0 Å². The Morgan fingerprint density at radius 1 is 0.933 bits per heavy atom. The number of aromatic nitrogens is 2. The van der Waals surface area contributed by atoms with Crippen molar-refractivity contribution in [1.29, 1.82) is 5.26 Å². The van der Waals surface area contributed by atoms with Crippen molar-refractivity contribution in [3.05, 3.63) is 99.9 Å². The van der Waals surface area contributed by atoms with Crippen LogP contribution in [0, 0.1) is 11.3 Å². The molecule has 2 aromatic carbocycles. The number of hydrogen-bond donors (Lipinski definition) is 1. The lowest BCUT2D eigenvalue weighted by molar-refractivity contribution is -0.141. The summed E-state index contributed by atoms with van der Waals surface area (Å²) in [4.78, 5) is 2.24. The molecule has 4 aromatic rings. The zero-order valence-corrected chi connectivity index (χ0v) is 17.6. The van der Waals surface area contributed by atoms with E-state index in [1.165, 1.54) is 5.69 Å². The van der Waals surface area contributed by atoms with Gasteiger partial charge in [-0.2, -0.15) is 18.4 Å². The molecular weight excluding hydrogens is 479 g/mol. The molecule has 0 bridgehead atoms. The number of H-pyrrole nitrogens is 1. The molecule has 0 saturated heterocycles. The maximum atomic E-state index is 12.8. The van der Waals surface area contributed by atoms with Crippen molar-refractivity contribution in [3.8, 4) is 23.0 Å². The Kier molecular flexibility index (Phi) is 6.70. The van der Waals surface area contributed by atoms with E-state index >= 15 is 0 Å². The van der Waals surface area contributed by atoms with Crippen LogP contribution < -0.4 is 0 Å². The van der Waals surface area contributed by atoms with Crippen LogP contribution >= 0.6 is 27.5 Å². The average Bonchev–Trinajstić information content (AvgIpc) is 3.37. The van der Waals surface area contributed by atoms with E-state index in [-0.39, 0.29) is 15.7 Å². The van der Waals surface area contributed by atoms with Gasteiger partial charge in [-0.1, -0.05) is 41.9 Å². The van der Waals surface area contributed by atoms with E-state index in [2.05, 4.69) is 37.6 Å². The Morgan fingerprint density at radius 3 is 2.07 bits per heavy atom. The van der Waals surface area contributed by atoms with Gasteiger partial charge in [0.05, 0.1) is 15.7 Å². The molecule has 0 saturated carbocycles. The van der Waals surface area contributed by atoms with Gasteiger partial charge in [0.2, 0.25) is 0 Å². The number of para-hydroxylation sites is 1. The Hall–Kier alpha value is -2.95. The number of rotatable bonds is 2. The van der Waals surface area contributed by atoms with E-state index in [9.17, 15) is 13.2 Å². The number of alkyl halides is 3. The number of nitriles is 1. The minimum Gasteiger partial charge on any atom is -0.349 e. The fourth-order valence-electron chi connectivity index (χ4n) is 2.72. The molecule has 2 aromatic heterocycles. The van der Waals surface area contributed by atoms with Gasteiger partial charge in [-0.25, -0.2) is 0 Å². The molecule has 4 rings (SSSR count). The Bertz CT molecular complexity index is 1140. The van der Waals surface area contributed by atoms with Crippen molar-refractivity contribution in [2.45, 2.75) is 6.18 Å². The summed E-state index contributed by atoms with van der Waals surface area (Å²) in [6, 6.07) is 22.2. The molecule has 8 heteroatoms. The van der Waals surface area contributed by atoms with Gasteiger partial charge in [-0.3, -0.25) is 0 Å². The van der Waals surface area contributed by atoms with Gasteiger partial charge in [-0.15, -0.1) is 0 Å². The summed E-state index contributed by atoms with van der Waals surface area (Å²) in [6.45, 7) is 0. The highest BCUT2D eigenvalue weighted by molar-refractivity contribution is 9.10.